The SMILES string of the molecule is Cl.NC1(c2noc(-c3ccc(Oc4cccnc4)cc3)n2)CCCC1. The number of nitrogens with zero attached hydrogens (tertiary/aromatic N) is 3. The zero-order chi connectivity index (χ0) is 16.4. The predicted octanol–water partition coefficient (Wildman–Crippen LogP) is 4.07. The number of hydrogen-bond donors (Lipinski definition) is 1. The van der Waals surface area contributed by atoms with E-state index >= 15 is 0 Å². The molecule has 0 bridgehead atoms. The van der Waals surface area contributed by atoms with Crippen LogP contribution in [0.25, 0.3) is 11.5 Å². The molecule has 2 heterocycles. The third-order valence-corrected chi connectivity index (χ3v) is 4.34. The van der Waals surface area contributed by atoms with Crippen molar-refractivity contribution in [3.05, 3.63) is 54.6 Å². The van der Waals surface area contributed by atoms with Gasteiger partial charge in [-0.15, -0.1) is 12.4 Å². The highest BCUT2D eigenvalue weighted by atomic mass is 35.5. The maximum atomic E-state index is 6.37. The van der Waals surface area contributed by atoms with E-state index in [1.54, 1.807) is 12.4 Å². The molecule has 1 aliphatic carbocycles. The molecule has 2 aromatic heterocycles. The normalized spacial score (nSPS) is 15.6. The molecule has 4 rings (SSSR count). The highest BCUT2D eigenvalue weighted by Crippen LogP contribution is 2.35. The lowest BCUT2D eigenvalue weighted by atomic mass is 9.99. The molecule has 0 saturated heterocycles. The number of nitrogens with two attached hydrogens (primary N) is 1. The van der Waals surface area contributed by atoms with Crippen molar-refractivity contribution in [3.8, 4) is 23.0 Å². The van der Waals surface area contributed by atoms with Crippen LogP contribution in [0.1, 0.15) is 31.5 Å². The Hall–Kier alpha value is -2.44. The molecular formula is C18H19ClN4O2. The Balaban J connectivity index is 0.00000182. The lowest BCUT2D eigenvalue weighted by Crippen LogP contribution is -2.34. The predicted molar refractivity (Wildman–Crippen MR) is 95.6 cm³/mol. The van der Waals surface area contributed by atoms with Gasteiger partial charge in [-0.2, -0.15) is 4.98 Å². The maximum absolute atomic E-state index is 6.37. The molecule has 2 N–H and O–H groups in total. The van der Waals surface area contributed by atoms with Crippen molar-refractivity contribution in [1.29, 1.82) is 0 Å². The molecule has 1 aliphatic rings. The van der Waals surface area contributed by atoms with Gasteiger partial charge in [0.15, 0.2) is 5.82 Å². The maximum Gasteiger partial charge on any atom is 0.257 e. The highest BCUT2D eigenvalue weighted by molar-refractivity contribution is 5.85. The van der Waals surface area contributed by atoms with E-state index in [0.717, 1.165) is 37.0 Å². The Kier molecular flexibility index (Phi) is 5.01. The van der Waals surface area contributed by atoms with Crippen LogP contribution in [-0.2, 0) is 5.54 Å². The summed E-state index contributed by atoms with van der Waals surface area (Å²) in [5, 5.41) is 4.09. The molecule has 25 heavy (non-hydrogen) atoms. The Morgan fingerprint density at radius 2 is 1.80 bits per heavy atom. The summed E-state index contributed by atoms with van der Waals surface area (Å²) in [5.41, 5.74) is 6.77. The molecule has 1 aromatic carbocycles. The third-order valence-electron chi connectivity index (χ3n) is 4.34. The molecule has 0 radical (unpaired) electrons. The Labute approximate surface area is 151 Å². The fraction of sp³-hybridized carbons (Fsp3) is 0.278. The molecule has 0 spiro atoms. The van der Waals surface area contributed by atoms with Crippen LogP contribution in [0, 0.1) is 0 Å². The summed E-state index contributed by atoms with van der Waals surface area (Å²) in [6.45, 7) is 0. The molecule has 1 fully saturated rings. The zero-order valence-electron chi connectivity index (χ0n) is 13.6. The van der Waals surface area contributed by atoms with E-state index in [1.165, 1.54) is 0 Å². The van der Waals surface area contributed by atoms with Crippen molar-refractivity contribution in [2.24, 2.45) is 5.73 Å². The molecule has 7 heteroatoms. The molecular weight excluding hydrogens is 340 g/mol. The minimum absolute atomic E-state index is 0. The van der Waals surface area contributed by atoms with Gasteiger partial charge in [0.2, 0.25) is 0 Å². The number of rotatable bonds is 4. The second-order valence-corrected chi connectivity index (χ2v) is 6.10. The van der Waals surface area contributed by atoms with E-state index in [4.69, 9.17) is 15.0 Å². The fourth-order valence-electron chi connectivity index (χ4n) is 2.98. The summed E-state index contributed by atoms with van der Waals surface area (Å²) in [7, 11) is 0. The van der Waals surface area contributed by atoms with Crippen LogP contribution in [0.4, 0.5) is 0 Å². The number of halogens is 1. The number of pyridine rings is 1. The summed E-state index contributed by atoms with van der Waals surface area (Å²) >= 11 is 0. The Bertz CT molecular complexity index is 815. The van der Waals surface area contributed by atoms with Crippen LogP contribution in [0.2, 0.25) is 0 Å². The Morgan fingerprint density at radius 3 is 2.48 bits per heavy atom. The molecule has 3 aromatic rings. The van der Waals surface area contributed by atoms with Gasteiger partial charge in [0.25, 0.3) is 5.89 Å². The average molecular weight is 359 g/mol. The molecule has 0 atom stereocenters. The Morgan fingerprint density at radius 1 is 1.04 bits per heavy atom. The number of hydrogen-bond acceptors (Lipinski definition) is 6. The smallest absolute Gasteiger partial charge is 0.257 e. The molecule has 6 nitrogen and oxygen atoms in total. The van der Waals surface area contributed by atoms with Gasteiger partial charge in [0.1, 0.15) is 11.5 Å². The van der Waals surface area contributed by atoms with Crippen molar-refractivity contribution in [2.75, 3.05) is 0 Å². The third kappa shape index (κ3) is 3.65. The van der Waals surface area contributed by atoms with Crippen LogP contribution in [-0.4, -0.2) is 15.1 Å². The van der Waals surface area contributed by atoms with Crippen molar-refractivity contribution in [1.82, 2.24) is 15.1 Å². The standard InChI is InChI=1S/C18H18N4O2.ClH/c19-18(9-1-2-10-18)17-21-16(24-22-17)13-5-7-14(8-6-13)23-15-4-3-11-20-12-15;/h3-8,11-12H,1-2,9-10,19H2;1H. The minimum atomic E-state index is -0.439. The van der Waals surface area contributed by atoms with Crippen LogP contribution >= 0.6 is 12.4 Å². The van der Waals surface area contributed by atoms with Gasteiger partial charge in [0, 0.05) is 11.8 Å². The second-order valence-electron chi connectivity index (χ2n) is 6.10. The van der Waals surface area contributed by atoms with E-state index in [0.29, 0.717) is 17.5 Å². The summed E-state index contributed by atoms with van der Waals surface area (Å²) in [4.78, 5) is 8.52. The minimum Gasteiger partial charge on any atom is -0.456 e. The highest BCUT2D eigenvalue weighted by Gasteiger charge is 2.36. The van der Waals surface area contributed by atoms with E-state index < -0.39 is 5.54 Å². The van der Waals surface area contributed by atoms with Gasteiger partial charge < -0.3 is 15.0 Å². The molecule has 130 valence electrons. The van der Waals surface area contributed by atoms with Crippen LogP contribution in [0.15, 0.2) is 53.3 Å². The van der Waals surface area contributed by atoms with Gasteiger partial charge in [-0.1, -0.05) is 18.0 Å². The van der Waals surface area contributed by atoms with Crippen molar-refractivity contribution in [2.45, 2.75) is 31.2 Å². The summed E-state index contributed by atoms with van der Waals surface area (Å²) < 4.78 is 11.1. The monoisotopic (exact) mass is 358 g/mol. The first-order chi connectivity index (χ1) is 11.7. The quantitative estimate of drug-likeness (QED) is 0.756. The van der Waals surface area contributed by atoms with Crippen molar-refractivity contribution < 1.29 is 9.26 Å². The van der Waals surface area contributed by atoms with Gasteiger partial charge in [-0.3, -0.25) is 4.98 Å². The average Bonchev–Trinajstić information content (AvgIpc) is 3.27. The fourth-order valence-corrected chi connectivity index (χ4v) is 2.98. The first-order valence-corrected chi connectivity index (χ1v) is 8.04. The molecule has 0 unspecified atom stereocenters. The molecule has 0 amide bonds. The lowest BCUT2D eigenvalue weighted by molar-refractivity contribution is 0.372. The largest absolute Gasteiger partial charge is 0.456 e. The molecule has 1 saturated carbocycles. The number of aromatic nitrogens is 3. The van der Waals surface area contributed by atoms with Gasteiger partial charge in [-0.05, 0) is 49.2 Å². The van der Waals surface area contributed by atoms with Crippen LogP contribution in [0.5, 0.6) is 11.5 Å². The van der Waals surface area contributed by atoms with Crippen LogP contribution in [0.3, 0.4) is 0 Å². The van der Waals surface area contributed by atoms with Gasteiger partial charge >= 0.3 is 0 Å². The van der Waals surface area contributed by atoms with E-state index in [9.17, 15) is 0 Å². The summed E-state index contributed by atoms with van der Waals surface area (Å²) in [6.07, 6.45) is 7.41. The van der Waals surface area contributed by atoms with Crippen molar-refractivity contribution in [3.63, 3.8) is 0 Å². The number of ether oxygens (including phenoxy) is 1. The van der Waals surface area contributed by atoms with E-state index in [1.807, 2.05) is 36.4 Å². The zero-order valence-corrected chi connectivity index (χ0v) is 14.4. The van der Waals surface area contributed by atoms with Gasteiger partial charge in [0.05, 0.1) is 11.7 Å². The van der Waals surface area contributed by atoms with Gasteiger partial charge in [-0.25, -0.2) is 0 Å². The van der Waals surface area contributed by atoms with Crippen LogP contribution < -0.4 is 10.5 Å². The summed E-state index contributed by atoms with van der Waals surface area (Å²) in [5.74, 6) is 2.49. The van der Waals surface area contributed by atoms with E-state index in [2.05, 4.69) is 15.1 Å². The first-order valence-electron chi connectivity index (χ1n) is 8.04. The number of benzene rings is 1. The second kappa shape index (κ2) is 7.21. The van der Waals surface area contributed by atoms with E-state index in [-0.39, 0.29) is 12.4 Å². The first kappa shape index (κ1) is 17.4. The van der Waals surface area contributed by atoms with Crippen molar-refractivity contribution >= 4 is 12.4 Å². The topological polar surface area (TPSA) is 87.1 Å². The molecule has 0 aliphatic heterocycles. The summed E-state index contributed by atoms with van der Waals surface area (Å²) in [6, 6.07) is 11.2. The lowest BCUT2D eigenvalue weighted by Gasteiger charge is -2.17.